The number of sulfonamides is 1. The Balaban J connectivity index is 1.45. The SMILES string of the molecule is C[C@H]1Cc2cc(C(=O)NCc3ccccc3C[NH+]3CCCC3)ccc2N1S(C)(=O)=O. The van der Waals surface area contributed by atoms with Crippen molar-refractivity contribution in [2.45, 2.75) is 45.3 Å². The maximum absolute atomic E-state index is 12.8. The number of hydrogen-bond acceptors (Lipinski definition) is 3. The van der Waals surface area contributed by atoms with Crippen molar-refractivity contribution in [1.82, 2.24) is 5.32 Å². The van der Waals surface area contributed by atoms with E-state index in [9.17, 15) is 13.2 Å². The fraction of sp³-hybridized carbons (Fsp3) is 0.435. The topological polar surface area (TPSA) is 70.9 Å². The quantitative estimate of drug-likeness (QED) is 0.733. The van der Waals surface area contributed by atoms with Gasteiger partial charge in [-0.15, -0.1) is 0 Å². The van der Waals surface area contributed by atoms with Crippen LogP contribution in [0.15, 0.2) is 42.5 Å². The highest BCUT2D eigenvalue weighted by molar-refractivity contribution is 7.92. The molecule has 1 amide bonds. The van der Waals surface area contributed by atoms with E-state index in [0.717, 1.165) is 17.7 Å². The number of nitrogens with one attached hydrogen (secondary N) is 2. The lowest BCUT2D eigenvalue weighted by atomic mass is 10.1. The third kappa shape index (κ3) is 4.37. The molecule has 6 nitrogen and oxygen atoms in total. The molecule has 1 saturated heterocycles. The van der Waals surface area contributed by atoms with Gasteiger partial charge >= 0.3 is 0 Å². The zero-order valence-electron chi connectivity index (χ0n) is 17.6. The fourth-order valence-corrected chi connectivity index (χ4v) is 6.01. The molecule has 0 radical (unpaired) electrons. The number of fused-ring (bicyclic) bond motifs is 1. The number of carbonyl (C=O) groups excluding carboxylic acids is 1. The summed E-state index contributed by atoms with van der Waals surface area (Å²) in [6.07, 6.45) is 4.43. The van der Waals surface area contributed by atoms with Gasteiger partial charge in [-0.3, -0.25) is 9.10 Å². The number of quaternary nitrogens is 1. The zero-order chi connectivity index (χ0) is 21.3. The van der Waals surface area contributed by atoms with E-state index in [1.54, 1.807) is 17.0 Å². The van der Waals surface area contributed by atoms with E-state index in [1.165, 1.54) is 42.1 Å². The Labute approximate surface area is 178 Å². The van der Waals surface area contributed by atoms with Crippen LogP contribution in [0, 0.1) is 0 Å². The highest BCUT2D eigenvalue weighted by Crippen LogP contribution is 2.34. The van der Waals surface area contributed by atoms with E-state index in [1.807, 2.05) is 19.1 Å². The molecule has 1 fully saturated rings. The van der Waals surface area contributed by atoms with Crippen molar-refractivity contribution in [2.24, 2.45) is 0 Å². The van der Waals surface area contributed by atoms with Crippen LogP contribution in [0.25, 0.3) is 0 Å². The first kappa shape index (κ1) is 20.9. The van der Waals surface area contributed by atoms with Gasteiger partial charge in [-0.25, -0.2) is 8.42 Å². The minimum atomic E-state index is -3.33. The summed E-state index contributed by atoms with van der Waals surface area (Å²) in [5, 5.41) is 3.04. The average Bonchev–Trinajstić information content (AvgIpc) is 3.32. The highest BCUT2D eigenvalue weighted by atomic mass is 32.2. The Hall–Kier alpha value is -2.38. The van der Waals surface area contributed by atoms with Gasteiger partial charge in [0.2, 0.25) is 10.0 Å². The first-order valence-corrected chi connectivity index (χ1v) is 12.5. The summed E-state index contributed by atoms with van der Waals surface area (Å²) < 4.78 is 25.6. The summed E-state index contributed by atoms with van der Waals surface area (Å²) in [6.45, 7) is 5.83. The lowest BCUT2D eigenvalue weighted by Gasteiger charge is -2.21. The van der Waals surface area contributed by atoms with Gasteiger partial charge < -0.3 is 10.2 Å². The smallest absolute Gasteiger partial charge is 0.251 e. The van der Waals surface area contributed by atoms with Gasteiger partial charge in [-0.2, -0.15) is 0 Å². The van der Waals surface area contributed by atoms with Crippen molar-refractivity contribution in [1.29, 1.82) is 0 Å². The molecular weight excluding hydrogens is 398 g/mol. The predicted molar refractivity (Wildman–Crippen MR) is 118 cm³/mol. The first-order valence-electron chi connectivity index (χ1n) is 10.6. The Bertz CT molecular complexity index is 1050. The van der Waals surface area contributed by atoms with Crippen LogP contribution in [0.4, 0.5) is 5.69 Å². The number of rotatable bonds is 6. The van der Waals surface area contributed by atoms with Crippen LogP contribution >= 0.6 is 0 Å². The van der Waals surface area contributed by atoms with Crippen LogP contribution in [-0.2, 0) is 29.5 Å². The van der Waals surface area contributed by atoms with Gasteiger partial charge in [-0.1, -0.05) is 24.3 Å². The second kappa shape index (κ2) is 8.40. The van der Waals surface area contributed by atoms with Crippen molar-refractivity contribution in [3.63, 3.8) is 0 Å². The summed E-state index contributed by atoms with van der Waals surface area (Å²) in [6, 6.07) is 13.5. The van der Waals surface area contributed by atoms with Crippen molar-refractivity contribution in [3.05, 3.63) is 64.7 Å². The van der Waals surface area contributed by atoms with E-state index in [-0.39, 0.29) is 11.9 Å². The Morgan fingerprint density at radius 1 is 1.13 bits per heavy atom. The van der Waals surface area contributed by atoms with Crippen molar-refractivity contribution < 1.29 is 18.1 Å². The standard InChI is InChI=1S/C23H29N3O3S/c1-17-13-21-14-18(9-10-22(21)26(17)30(2,28)29)23(27)24-15-19-7-3-4-8-20(19)16-25-11-5-6-12-25/h3-4,7-10,14,17H,5-6,11-13,15-16H2,1-2H3,(H,24,27)/p+1/t17-/m0/s1. The normalized spacial score (nSPS) is 19.1. The number of amides is 1. The number of likely N-dealkylation sites (tertiary alicyclic amines) is 1. The van der Waals surface area contributed by atoms with E-state index in [2.05, 4.69) is 23.5 Å². The Kier molecular flexibility index (Phi) is 5.84. The van der Waals surface area contributed by atoms with E-state index >= 15 is 0 Å². The molecule has 0 aromatic heterocycles. The molecule has 160 valence electrons. The van der Waals surface area contributed by atoms with Gasteiger partial charge in [0.05, 0.1) is 25.0 Å². The van der Waals surface area contributed by atoms with Gasteiger partial charge in [0, 0.05) is 36.6 Å². The van der Waals surface area contributed by atoms with Crippen LogP contribution in [0.2, 0.25) is 0 Å². The maximum Gasteiger partial charge on any atom is 0.251 e. The molecule has 0 bridgehead atoms. The van der Waals surface area contributed by atoms with Crippen LogP contribution in [0.1, 0.15) is 46.8 Å². The summed E-state index contributed by atoms with van der Waals surface area (Å²) in [5.41, 5.74) is 4.60. The van der Waals surface area contributed by atoms with Crippen LogP contribution in [0.3, 0.4) is 0 Å². The zero-order valence-corrected chi connectivity index (χ0v) is 18.5. The molecule has 2 aromatic carbocycles. The molecule has 1 atom stereocenters. The molecule has 0 saturated carbocycles. The minimum absolute atomic E-state index is 0.131. The van der Waals surface area contributed by atoms with E-state index in [0.29, 0.717) is 24.2 Å². The van der Waals surface area contributed by atoms with Gasteiger partial charge in [0.25, 0.3) is 5.91 Å². The number of benzene rings is 2. The van der Waals surface area contributed by atoms with Gasteiger partial charge in [0.1, 0.15) is 6.54 Å². The molecule has 2 aliphatic rings. The molecular formula is C23H30N3O3S+. The van der Waals surface area contributed by atoms with Gasteiger partial charge in [-0.05, 0) is 42.7 Å². The molecule has 2 heterocycles. The second-order valence-electron chi connectivity index (χ2n) is 8.54. The predicted octanol–water partition coefficient (Wildman–Crippen LogP) is 1.51. The Morgan fingerprint density at radius 2 is 1.83 bits per heavy atom. The van der Waals surface area contributed by atoms with Crippen LogP contribution in [-0.4, -0.2) is 39.7 Å². The number of hydrogen-bond donors (Lipinski definition) is 2. The molecule has 0 aliphatic carbocycles. The van der Waals surface area contributed by atoms with Crippen LogP contribution < -0.4 is 14.5 Å². The summed E-state index contributed by atoms with van der Waals surface area (Å²) in [5.74, 6) is -0.133. The summed E-state index contributed by atoms with van der Waals surface area (Å²) in [4.78, 5) is 14.4. The largest absolute Gasteiger partial charge is 0.348 e. The molecule has 0 unspecified atom stereocenters. The summed E-state index contributed by atoms with van der Waals surface area (Å²) in [7, 11) is -3.33. The molecule has 4 rings (SSSR count). The van der Waals surface area contributed by atoms with Crippen LogP contribution in [0.5, 0.6) is 0 Å². The van der Waals surface area contributed by atoms with Gasteiger partial charge in [0.15, 0.2) is 0 Å². The van der Waals surface area contributed by atoms with Crippen molar-refractivity contribution >= 4 is 21.6 Å². The molecule has 2 aromatic rings. The third-order valence-electron chi connectivity index (χ3n) is 6.16. The first-order chi connectivity index (χ1) is 14.3. The van der Waals surface area contributed by atoms with E-state index in [4.69, 9.17) is 0 Å². The third-order valence-corrected chi connectivity index (χ3v) is 7.43. The monoisotopic (exact) mass is 428 g/mol. The Morgan fingerprint density at radius 3 is 2.53 bits per heavy atom. The van der Waals surface area contributed by atoms with Crippen molar-refractivity contribution in [3.8, 4) is 0 Å². The number of carbonyl (C=O) groups is 1. The van der Waals surface area contributed by atoms with Crippen molar-refractivity contribution in [2.75, 3.05) is 23.7 Å². The summed E-state index contributed by atoms with van der Waals surface area (Å²) >= 11 is 0. The van der Waals surface area contributed by atoms with E-state index < -0.39 is 10.0 Å². The number of anilines is 1. The number of nitrogens with zero attached hydrogens (tertiary/aromatic N) is 1. The second-order valence-corrected chi connectivity index (χ2v) is 10.4. The molecule has 2 N–H and O–H groups in total. The maximum atomic E-state index is 12.8. The fourth-order valence-electron chi connectivity index (χ4n) is 4.75. The molecule has 7 heteroatoms. The molecule has 0 spiro atoms. The molecule has 30 heavy (non-hydrogen) atoms. The average molecular weight is 429 g/mol. The lowest BCUT2D eigenvalue weighted by Crippen LogP contribution is -3.08. The lowest BCUT2D eigenvalue weighted by molar-refractivity contribution is -0.901. The minimum Gasteiger partial charge on any atom is -0.348 e. The highest BCUT2D eigenvalue weighted by Gasteiger charge is 2.32. The molecule has 2 aliphatic heterocycles.